The second-order valence-corrected chi connectivity index (χ2v) is 7.19. The van der Waals surface area contributed by atoms with Crippen LogP contribution in [0.3, 0.4) is 0 Å². The van der Waals surface area contributed by atoms with Gasteiger partial charge in [-0.2, -0.15) is 13.2 Å². The minimum Gasteiger partial charge on any atom is -0.318 e. The van der Waals surface area contributed by atoms with Crippen molar-refractivity contribution in [3.8, 4) is 11.4 Å². The van der Waals surface area contributed by atoms with Gasteiger partial charge >= 0.3 is 6.18 Å². The number of rotatable bonds is 3. The van der Waals surface area contributed by atoms with Crippen molar-refractivity contribution in [3.63, 3.8) is 0 Å². The molecule has 1 saturated carbocycles. The Morgan fingerprint density at radius 1 is 1.24 bits per heavy atom. The molecule has 2 nitrogen and oxygen atoms in total. The second kappa shape index (κ2) is 5.71. The molecule has 1 aliphatic carbocycles. The standard InChI is InChI=1S/C14H11F3I2N2/c15-14(16,17)10-3-1-2-9(6-10)13-20-11(18)12(19)21(13)7-8-4-5-8/h1-3,6,8H,4-5,7H2. The van der Waals surface area contributed by atoms with Crippen molar-refractivity contribution in [2.24, 2.45) is 5.92 Å². The van der Waals surface area contributed by atoms with E-state index in [-0.39, 0.29) is 0 Å². The average Bonchev–Trinajstić information content (AvgIpc) is 3.20. The van der Waals surface area contributed by atoms with Gasteiger partial charge in [0, 0.05) is 12.1 Å². The van der Waals surface area contributed by atoms with Crippen LogP contribution in [0, 0.1) is 13.3 Å². The molecule has 0 bridgehead atoms. The van der Waals surface area contributed by atoms with E-state index < -0.39 is 11.7 Å². The highest BCUT2D eigenvalue weighted by atomic mass is 127. The molecule has 7 heteroatoms. The quantitative estimate of drug-likeness (QED) is 0.512. The third kappa shape index (κ3) is 3.38. The number of benzene rings is 1. The summed E-state index contributed by atoms with van der Waals surface area (Å²) < 4.78 is 42.4. The molecule has 3 rings (SSSR count). The van der Waals surface area contributed by atoms with Gasteiger partial charge in [-0.05, 0) is 76.1 Å². The smallest absolute Gasteiger partial charge is 0.318 e. The maximum absolute atomic E-state index is 12.9. The minimum absolute atomic E-state index is 0.520. The van der Waals surface area contributed by atoms with Crippen LogP contribution in [-0.2, 0) is 12.7 Å². The van der Waals surface area contributed by atoms with Crippen molar-refractivity contribution < 1.29 is 13.2 Å². The monoisotopic (exact) mass is 518 g/mol. The molecule has 1 aromatic heterocycles. The van der Waals surface area contributed by atoms with Crippen LogP contribution < -0.4 is 0 Å². The summed E-state index contributed by atoms with van der Waals surface area (Å²) in [5.74, 6) is 1.26. The van der Waals surface area contributed by atoms with Gasteiger partial charge in [0.1, 0.15) is 13.2 Å². The third-order valence-electron chi connectivity index (χ3n) is 3.45. The van der Waals surface area contributed by atoms with E-state index in [0.717, 1.165) is 20.0 Å². The summed E-state index contributed by atoms with van der Waals surface area (Å²) in [6, 6.07) is 5.40. The molecule has 2 aromatic rings. The Morgan fingerprint density at radius 3 is 2.57 bits per heavy atom. The average molecular weight is 518 g/mol. The Balaban J connectivity index is 2.05. The number of imidazole rings is 1. The summed E-state index contributed by atoms with van der Waals surface area (Å²) in [4.78, 5) is 4.46. The highest BCUT2D eigenvalue weighted by Gasteiger charge is 2.31. The summed E-state index contributed by atoms with van der Waals surface area (Å²) >= 11 is 4.34. The van der Waals surface area contributed by atoms with Gasteiger partial charge in [-0.25, -0.2) is 4.98 Å². The molecule has 0 amide bonds. The van der Waals surface area contributed by atoms with Crippen molar-refractivity contribution in [1.82, 2.24) is 9.55 Å². The predicted molar refractivity (Wildman–Crippen MR) is 90.8 cm³/mol. The van der Waals surface area contributed by atoms with Crippen LogP contribution >= 0.6 is 45.2 Å². The molecule has 0 saturated heterocycles. The van der Waals surface area contributed by atoms with Crippen molar-refractivity contribution in [2.75, 3.05) is 0 Å². The lowest BCUT2D eigenvalue weighted by atomic mass is 10.1. The van der Waals surface area contributed by atoms with Gasteiger partial charge in [0.15, 0.2) is 0 Å². The Bertz CT molecular complexity index is 675. The van der Waals surface area contributed by atoms with E-state index in [4.69, 9.17) is 0 Å². The molecule has 0 N–H and O–H groups in total. The lowest BCUT2D eigenvalue weighted by Crippen LogP contribution is -2.07. The molecule has 1 fully saturated rings. The first kappa shape index (κ1) is 15.6. The molecule has 0 spiro atoms. The summed E-state index contributed by atoms with van der Waals surface area (Å²) in [6.45, 7) is 0.833. The van der Waals surface area contributed by atoms with Crippen LogP contribution in [0.1, 0.15) is 18.4 Å². The maximum Gasteiger partial charge on any atom is 0.416 e. The zero-order valence-corrected chi connectivity index (χ0v) is 15.1. The molecule has 112 valence electrons. The van der Waals surface area contributed by atoms with E-state index in [9.17, 15) is 13.2 Å². The largest absolute Gasteiger partial charge is 0.416 e. The van der Waals surface area contributed by atoms with Gasteiger partial charge in [0.2, 0.25) is 0 Å². The topological polar surface area (TPSA) is 17.8 Å². The Morgan fingerprint density at radius 2 is 1.95 bits per heavy atom. The van der Waals surface area contributed by atoms with Crippen LogP contribution in [-0.4, -0.2) is 9.55 Å². The molecule has 0 radical (unpaired) electrons. The molecular formula is C14H11F3I2N2. The number of aromatic nitrogens is 2. The highest BCUT2D eigenvalue weighted by molar-refractivity contribution is 14.1. The zero-order chi connectivity index (χ0) is 15.2. The molecule has 21 heavy (non-hydrogen) atoms. The summed E-state index contributed by atoms with van der Waals surface area (Å²) in [5, 5.41) is 0. The molecule has 0 atom stereocenters. The molecule has 1 heterocycles. The van der Waals surface area contributed by atoms with Crippen molar-refractivity contribution >= 4 is 45.2 Å². The fourth-order valence-corrected chi connectivity index (χ4v) is 3.25. The normalized spacial score (nSPS) is 15.5. The lowest BCUT2D eigenvalue weighted by molar-refractivity contribution is -0.137. The fraction of sp³-hybridized carbons (Fsp3) is 0.357. The Kier molecular flexibility index (Phi) is 4.23. The summed E-state index contributed by atoms with van der Waals surface area (Å²) in [5.41, 5.74) is -0.114. The summed E-state index contributed by atoms with van der Waals surface area (Å²) in [6.07, 6.45) is -1.95. The van der Waals surface area contributed by atoms with Gasteiger partial charge in [0.25, 0.3) is 0 Å². The van der Waals surface area contributed by atoms with Crippen LogP contribution in [0.5, 0.6) is 0 Å². The number of alkyl halides is 3. The van der Waals surface area contributed by atoms with Gasteiger partial charge in [0.05, 0.1) is 5.56 Å². The SMILES string of the molecule is FC(F)(F)c1cccc(-c2nc(I)c(I)n2CC2CC2)c1. The van der Waals surface area contributed by atoms with Crippen LogP contribution in [0.15, 0.2) is 24.3 Å². The van der Waals surface area contributed by atoms with Gasteiger partial charge in [-0.15, -0.1) is 0 Å². The molecule has 1 aliphatic rings. The molecule has 1 aromatic carbocycles. The van der Waals surface area contributed by atoms with Crippen molar-refractivity contribution in [2.45, 2.75) is 25.6 Å². The van der Waals surface area contributed by atoms with E-state index >= 15 is 0 Å². The van der Waals surface area contributed by atoms with Gasteiger partial charge < -0.3 is 4.57 Å². The first-order chi connectivity index (χ1) is 9.86. The highest BCUT2D eigenvalue weighted by Crippen LogP contribution is 2.36. The third-order valence-corrected chi connectivity index (χ3v) is 6.33. The number of hydrogen-bond donors (Lipinski definition) is 0. The van der Waals surface area contributed by atoms with Crippen molar-refractivity contribution in [3.05, 3.63) is 37.2 Å². The zero-order valence-electron chi connectivity index (χ0n) is 10.8. The Hall–Kier alpha value is -0.320. The van der Waals surface area contributed by atoms with E-state index in [1.807, 2.05) is 4.57 Å². The molecule has 0 aliphatic heterocycles. The van der Waals surface area contributed by atoms with Crippen LogP contribution in [0.25, 0.3) is 11.4 Å². The second-order valence-electron chi connectivity index (χ2n) is 5.15. The number of nitrogens with zero attached hydrogens (tertiary/aromatic N) is 2. The maximum atomic E-state index is 12.9. The van der Waals surface area contributed by atoms with Crippen LogP contribution in [0.4, 0.5) is 13.2 Å². The van der Waals surface area contributed by atoms with E-state index in [1.165, 1.54) is 25.0 Å². The minimum atomic E-state index is -4.33. The lowest BCUT2D eigenvalue weighted by Gasteiger charge is -2.11. The van der Waals surface area contributed by atoms with Gasteiger partial charge in [-0.3, -0.25) is 0 Å². The molecule has 0 unspecified atom stereocenters. The summed E-state index contributed by atoms with van der Waals surface area (Å²) in [7, 11) is 0. The van der Waals surface area contributed by atoms with E-state index in [1.54, 1.807) is 6.07 Å². The first-order valence-corrected chi connectivity index (χ1v) is 8.61. The van der Waals surface area contributed by atoms with E-state index in [2.05, 4.69) is 50.2 Å². The van der Waals surface area contributed by atoms with Crippen molar-refractivity contribution in [1.29, 1.82) is 0 Å². The number of halogens is 5. The predicted octanol–water partition coefficient (Wildman–Crippen LogP) is 5.19. The Labute approximate surface area is 147 Å². The number of hydrogen-bond acceptors (Lipinski definition) is 1. The fourth-order valence-electron chi connectivity index (χ4n) is 2.18. The van der Waals surface area contributed by atoms with Crippen LogP contribution in [0.2, 0.25) is 0 Å². The van der Waals surface area contributed by atoms with E-state index in [0.29, 0.717) is 17.3 Å². The molecular weight excluding hydrogens is 507 g/mol. The first-order valence-electron chi connectivity index (χ1n) is 6.45. The van der Waals surface area contributed by atoms with Gasteiger partial charge in [-0.1, -0.05) is 12.1 Å².